The summed E-state index contributed by atoms with van der Waals surface area (Å²) < 4.78 is 0. The average Bonchev–Trinajstić information content (AvgIpc) is 3.05. The van der Waals surface area contributed by atoms with E-state index in [1.807, 2.05) is 42.0 Å². The fraction of sp³-hybridized carbons (Fsp3) is 0.471. The smallest absolute Gasteiger partial charge is 0.156 e. The summed E-state index contributed by atoms with van der Waals surface area (Å²) in [6.07, 6.45) is 7.56. The Kier molecular flexibility index (Phi) is 9.91. The van der Waals surface area contributed by atoms with Crippen molar-refractivity contribution in [1.29, 1.82) is 0 Å². The maximum Gasteiger partial charge on any atom is 0.156 e. The van der Waals surface area contributed by atoms with E-state index in [4.69, 9.17) is 0 Å². The largest absolute Gasteiger partial charge is 0.364 e. The molecular formula is C17H25N5S3. The lowest BCUT2D eigenvalue weighted by Crippen LogP contribution is -2.23. The van der Waals surface area contributed by atoms with Gasteiger partial charge in [0.1, 0.15) is 0 Å². The van der Waals surface area contributed by atoms with E-state index in [-0.39, 0.29) is 0 Å². The topological polar surface area (TPSA) is 66.0 Å². The zero-order valence-electron chi connectivity index (χ0n) is 14.7. The summed E-state index contributed by atoms with van der Waals surface area (Å²) in [6, 6.07) is 4.10. The molecule has 0 saturated heterocycles. The Morgan fingerprint density at radius 2 is 2.16 bits per heavy atom. The number of thioether (sulfide) groups is 3. The van der Waals surface area contributed by atoms with Crippen molar-refractivity contribution in [3.05, 3.63) is 47.8 Å². The summed E-state index contributed by atoms with van der Waals surface area (Å²) in [5, 5.41) is 4.45. The molecule has 0 aromatic carbocycles. The highest BCUT2D eigenvalue weighted by Gasteiger charge is 2.01. The highest BCUT2D eigenvalue weighted by Crippen LogP contribution is 2.12. The first-order valence-electron chi connectivity index (χ1n) is 8.15. The standard InChI is InChI=1S/C17H25N5S3/c1-14-16(22-13-21-14)12-25-9-7-20-17(23-2)19-6-8-24-11-15-4-3-5-18-10-15/h3-5,10,13H,6-9,11-12H2,1-2H3,(H,19,20)(H,21,22). The van der Waals surface area contributed by atoms with Crippen LogP contribution in [0, 0.1) is 6.92 Å². The molecule has 2 aromatic rings. The quantitative estimate of drug-likeness (QED) is 0.364. The molecule has 2 N–H and O–H groups in total. The van der Waals surface area contributed by atoms with Crippen LogP contribution in [0.25, 0.3) is 0 Å². The van der Waals surface area contributed by atoms with E-state index >= 15 is 0 Å². The van der Waals surface area contributed by atoms with E-state index in [0.717, 1.165) is 52.7 Å². The molecular weight excluding hydrogens is 370 g/mol. The van der Waals surface area contributed by atoms with E-state index in [9.17, 15) is 0 Å². The highest BCUT2D eigenvalue weighted by molar-refractivity contribution is 8.13. The maximum atomic E-state index is 4.64. The molecule has 0 unspecified atom stereocenters. The van der Waals surface area contributed by atoms with E-state index in [0.29, 0.717) is 0 Å². The van der Waals surface area contributed by atoms with Crippen LogP contribution in [-0.4, -0.2) is 51.0 Å². The Bertz CT molecular complexity index is 630. The average molecular weight is 396 g/mol. The number of aromatic amines is 1. The molecule has 0 spiro atoms. The molecule has 0 fully saturated rings. The second-order valence-corrected chi connectivity index (χ2v) is 8.26. The zero-order valence-corrected chi connectivity index (χ0v) is 17.1. The number of imidazole rings is 1. The van der Waals surface area contributed by atoms with E-state index < -0.39 is 0 Å². The fourth-order valence-corrected chi connectivity index (χ4v) is 4.12. The number of amidine groups is 1. The first-order valence-corrected chi connectivity index (χ1v) is 11.7. The second kappa shape index (κ2) is 12.3. The van der Waals surface area contributed by atoms with Gasteiger partial charge >= 0.3 is 0 Å². The van der Waals surface area contributed by atoms with Gasteiger partial charge in [0, 0.05) is 47.6 Å². The third-order valence-corrected chi connectivity index (χ3v) is 6.01. The molecule has 2 aromatic heterocycles. The molecule has 0 aliphatic heterocycles. The zero-order chi connectivity index (χ0) is 17.7. The number of nitrogens with zero attached hydrogens (tertiary/aromatic N) is 3. The molecule has 0 radical (unpaired) electrons. The van der Waals surface area contributed by atoms with Crippen molar-refractivity contribution < 1.29 is 0 Å². The first kappa shape index (κ1) is 20.2. The second-order valence-electron chi connectivity index (χ2n) is 5.26. The van der Waals surface area contributed by atoms with Crippen LogP contribution in [-0.2, 0) is 11.5 Å². The van der Waals surface area contributed by atoms with Crippen LogP contribution in [0.1, 0.15) is 17.0 Å². The van der Waals surface area contributed by atoms with Crippen LogP contribution in [0.5, 0.6) is 0 Å². The molecule has 2 rings (SSSR count). The van der Waals surface area contributed by atoms with Crippen LogP contribution in [0.4, 0.5) is 0 Å². The van der Waals surface area contributed by atoms with Crippen molar-refractivity contribution in [3.63, 3.8) is 0 Å². The summed E-state index contributed by atoms with van der Waals surface area (Å²) >= 11 is 5.46. The van der Waals surface area contributed by atoms with Crippen LogP contribution in [0.2, 0.25) is 0 Å². The number of H-pyrrole nitrogens is 1. The van der Waals surface area contributed by atoms with Crippen molar-refractivity contribution in [2.45, 2.75) is 18.4 Å². The first-order chi connectivity index (χ1) is 12.3. The lowest BCUT2D eigenvalue weighted by molar-refractivity contribution is 0.975. The molecule has 0 bridgehead atoms. The molecule has 2 heterocycles. The Morgan fingerprint density at radius 3 is 2.88 bits per heavy atom. The maximum absolute atomic E-state index is 4.64. The summed E-state index contributed by atoms with van der Waals surface area (Å²) in [6.45, 7) is 3.83. The number of aliphatic imine (C=N–C) groups is 1. The molecule has 0 atom stereocenters. The van der Waals surface area contributed by atoms with Gasteiger partial charge in [-0.2, -0.15) is 23.5 Å². The van der Waals surface area contributed by atoms with Crippen molar-refractivity contribution in [3.8, 4) is 0 Å². The molecule has 5 nitrogen and oxygen atoms in total. The lowest BCUT2D eigenvalue weighted by atomic mass is 10.3. The predicted molar refractivity (Wildman–Crippen MR) is 114 cm³/mol. The number of hydrogen-bond donors (Lipinski definition) is 2. The number of nitrogens with one attached hydrogen (secondary N) is 2. The van der Waals surface area contributed by atoms with Gasteiger partial charge < -0.3 is 10.3 Å². The van der Waals surface area contributed by atoms with E-state index in [1.165, 1.54) is 5.56 Å². The summed E-state index contributed by atoms with van der Waals surface area (Å²) in [4.78, 5) is 16.2. The van der Waals surface area contributed by atoms with Gasteiger partial charge in [-0.1, -0.05) is 17.8 Å². The van der Waals surface area contributed by atoms with Gasteiger partial charge in [-0.3, -0.25) is 9.98 Å². The molecule has 0 saturated carbocycles. The fourth-order valence-electron chi connectivity index (χ4n) is 2.01. The highest BCUT2D eigenvalue weighted by atomic mass is 32.2. The van der Waals surface area contributed by atoms with Gasteiger partial charge in [0.05, 0.1) is 18.6 Å². The van der Waals surface area contributed by atoms with Gasteiger partial charge in [-0.15, -0.1) is 0 Å². The number of aryl methyl sites for hydroxylation is 1. The van der Waals surface area contributed by atoms with Gasteiger partial charge in [0.25, 0.3) is 0 Å². The minimum absolute atomic E-state index is 0.833. The Hall–Kier alpha value is -1.12. The van der Waals surface area contributed by atoms with Crippen LogP contribution >= 0.6 is 35.3 Å². The SMILES string of the molecule is CSC(=NCCSCc1nc[nH]c1C)NCCSCc1cccnc1. The summed E-state index contributed by atoms with van der Waals surface area (Å²) in [5.74, 6) is 4.01. The summed E-state index contributed by atoms with van der Waals surface area (Å²) in [5.41, 5.74) is 3.57. The third-order valence-electron chi connectivity index (χ3n) is 3.37. The van der Waals surface area contributed by atoms with Crippen LogP contribution in [0.3, 0.4) is 0 Å². The summed E-state index contributed by atoms with van der Waals surface area (Å²) in [7, 11) is 0. The number of aromatic nitrogens is 3. The van der Waals surface area contributed by atoms with E-state index in [2.05, 4.69) is 44.5 Å². The van der Waals surface area contributed by atoms with Gasteiger partial charge in [0.15, 0.2) is 5.17 Å². The predicted octanol–water partition coefficient (Wildman–Crippen LogP) is 3.59. The molecule has 136 valence electrons. The van der Waals surface area contributed by atoms with Crippen molar-refractivity contribution in [1.82, 2.24) is 20.3 Å². The van der Waals surface area contributed by atoms with Crippen molar-refractivity contribution in [2.24, 2.45) is 4.99 Å². The Balaban J connectivity index is 1.54. The molecule has 0 amide bonds. The number of pyridine rings is 1. The molecule has 0 aliphatic rings. The molecule has 0 aliphatic carbocycles. The van der Waals surface area contributed by atoms with Gasteiger partial charge in [-0.05, 0) is 24.8 Å². The van der Waals surface area contributed by atoms with E-state index in [1.54, 1.807) is 18.1 Å². The number of rotatable bonds is 10. The Labute approximate surface area is 162 Å². The minimum Gasteiger partial charge on any atom is -0.364 e. The van der Waals surface area contributed by atoms with Gasteiger partial charge in [0.2, 0.25) is 0 Å². The number of hydrogen-bond acceptors (Lipinski definition) is 6. The van der Waals surface area contributed by atoms with Crippen molar-refractivity contribution in [2.75, 3.05) is 30.9 Å². The Morgan fingerprint density at radius 1 is 1.28 bits per heavy atom. The molecule has 25 heavy (non-hydrogen) atoms. The minimum atomic E-state index is 0.833. The lowest BCUT2D eigenvalue weighted by Gasteiger charge is -2.07. The molecule has 8 heteroatoms. The van der Waals surface area contributed by atoms with Crippen LogP contribution < -0.4 is 5.32 Å². The van der Waals surface area contributed by atoms with Crippen LogP contribution in [0.15, 0.2) is 35.8 Å². The normalized spacial score (nSPS) is 11.7. The monoisotopic (exact) mass is 395 g/mol. The third kappa shape index (κ3) is 8.20. The van der Waals surface area contributed by atoms with Gasteiger partial charge in [-0.25, -0.2) is 4.98 Å². The van der Waals surface area contributed by atoms with Crippen molar-refractivity contribution >= 4 is 40.5 Å².